The summed E-state index contributed by atoms with van der Waals surface area (Å²) in [7, 11) is 0. The topological polar surface area (TPSA) is 50.4 Å². The highest BCUT2D eigenvalue weighted by Crippen LogP contribution is 2.21. The summed E-state index contributed by atoms with van der Waals surface area (Å²) in [5.74, 6) is 0.542. The highest BCUT2D eigenvalue weighted by atomic mass is 35.5. The van der Waals surface area contributed by atoms with Gasteiger partial charge in [0.25, 0.3) is 5.91 Å². The highest BCUT2D eigenvalue weighted by Gasteiger charge is 2.13. The predicted molar refractivity (Wildman–Crippen MR) is 103 cm³/mol. The molecule has 2 aromatic rings. The Bertz CT molecular complexity index is 721. The van der Waals surface area contributed by atoms with E-state index in [1.165, 1.54) is 0 Å². The number of amides is 1. The van der Waals surface area contributed by atoms with Crippen molar-refractivity contribution < 1.29 is 9.53 Å². The summed E-state index contributed by atoms with van der Waals surface area (Å²) in [4.78, 5) is 11.8. The van der Waals surface area contributed by atoms with Crippen LogP contribution in [0.5, 0.6) is 5.75 Å². The van der Waals surface area contributed by atoms with Gasteiger partial charge in [0.15, 0.2) is 6.61 Å². The molecule has 0 radical (unpaired) electrons. The molecule has 2 rings (SSSR count). The monoisotopic (exact) mass is 360 g/mol. The Labute approximate surface area is 154 Å². The van der Waals surface area contributed by atoms with Crippen molar-refractivity contribution in [2.45, 2.75) is 39.8 Å². The molecule has 0 saturated carbocycles. The fourth-order valence-electron chi connectivity index (χ4n) is 2.21. The van der Waals surface area contributed by atoms with Crippen LogP contribution in [-0.4, -0.2) is 18.1 Å². The summed E-state index contributed by atoms with van der Waals surface area (Å²) in [6.45, 7) is 8.49. The molecule has 0 spiro atoms. The summed E-state index contributed by atoms with van der Waals surface area (Å²) in [5, 5.41) is 6.95. The normalized spacial score (nSPS) is 11.1. The molecule has 0 atom stereocenters. The summed E-state index contributed by atoms with van der Waals surface area (Å²) >= 11 is 6.13. The van der Waals surface area contributed by atoms with Crippen LogP contribution in [0.15, 0.2) is 42.5 Å². The number of rotatable bonds is 6. The molecule has 0 bridgehead atoms. The molecule has 0 aliphatic carbocycles. The van der Waals surface area contributed by atoms with Crippen molar-refractivity contribution in [3.05, 3.63) is 58.6 Å². The minimum absolute atomic E-state index is 0.0106. The van der Waals surface area contributed by atoms with Crippen LogP contribution in [-0.2, 0) is 11.3 Å². The number of carbonyl (C=O) groups is 1. The maximum absolute atomic E-state index is 11.8. The van der Waals surface area contributed by atoms with Gasteiger partial charge >= 0.3 is 0 Å². The highest BCUT2D eigenvalue weighted by molar-refractivity contribution is 6.31. The lowest BCUT2D eigenvalue weighted by molar-refractivity contribution is -0.124. The average Bonchev–Trinajstić information content (AvgIpc) is 2.53. The van der Waals surface area contributed by atoms with E-state index in [1.54, 1.807) is 0 Å². The Hall–Kier alpha value is -2.20. The maximum atomic E-state index is 11.8. The summed E-state index contributed by atoms with van der Waals surface area (Å²) in [6.07, 6.45) is 0. The molecule has 0 heterocycles. The van der Waals surface area contributed by atoms with E-state index in [1.807, 2.05) is 70.2 Å². The number of ether oxygens (including phenoxy) is 1. The molecule has 0 saturated heterocycles. The molecular formula is C20H25ClN2O2. The van der Waals surface area contributed by atoms with Crippen molar-refractivity contribution in [1.82, 2.24) is 5.32 Å². The van der Waals surface area contributed by atoms with Crippen LogP contribution in [0.2, 0.25) is 5.02 Å². The molecular weight excluding hydrogens is 336 g/mol. The van der Waals surface area contributed by atoms with E-state index in [0.29, 0.717) is 12.3 Å². The molecule has 0 unspecified atom stereocenters. The number of aryl methyl sites for hydroxylation is 1. The molecule has 4 nitrogen and oxygen atoms in total. The van der Waals surface area contributed by atoms with E-state index >= 15 is 0 Å². The van der Waals surface area contributed by atoms with Gasteiger partial charge in [0.1, 0.15) is 5.75 Å². The van der Waals surface area contributed by atoms with Crippen molar-refractivity contribution in [2.24, 2.45) is 0 Å². The largest absolute Gasteiger partial charge is 0.484 e. The predicted octanol–water partition coefficient (Wildman–Crippen LogP) is 4.55. The molecule has 2 N–H and O–H groups in total. The van der Waals surface area contributed by atoms with E-state index < -0.39 is 0 Å². The van der Waals surface area contributed by atoms with Crippen molar-refractivity contribution in [1.29, 1.82) is 0 Å². The van der Waals surface area contributed by atoms with Crippen LogP contribution in [0.4, 0.5) is 5.69 Å². The number of hydrogen-bond donors (Lipinski definition) is 2. The Kier molecular flexibility index (Phi) is 6.32. The lowest BCUT2D eigenvalue weighted by atomic mass is 10.1. The van der Waals surface area contributed by atoms with Gasteiger partial charge in [-0.15, -0.1) is 0 Å². The zero-order valence-electron chi connectivity index (χ0n) is 15.2. The van der Waals surface area contributed by atoms with Crippen molar-refractivity contribution >= 4 is 23.2 Å². The van der Waals surface area contributed by atoms with Gasteiger partial charge < -0.3 is 15.4 Å². The van der Waals surface area contributed by atoms with Gasteiger partial charge in [-0.1, -0.05) is 29.8 Å². The number of nitrogens with one attached hydrogen (secondary N) is 2. The van der Waals surface area contributed by atoms with Crippen molar-refractivity contribution in [2.75, 3.05) is 11.9 Å². The molecule has 0 aliphatic rings. The molecule has 0 aliphatic heterocycles. The van der Waals surface area contributed by atoms with Crippen LogP contribution >= 0.6 is 11.6 Å². The SMILES string of the molecule is Cc1ccc(NCc2ccc(OCC(=O)NC(C)(C)C)cc2)cc1Cl. The lowest BCUT2D eigenvalue weighted by Gasteiger charge is -2.20. The van der Waals surface area contributed by atoms with E-state index in [0.717, 1.165) is 21.8 Å². The van der Waals surface area contributed by atoms with Gasteiger partial charge in [0.05, 0.1) is 0 Å². The Morgan fingerprint density at radius 2 is 1.80 bits per heavy atom. The number of hydrogen-bond acceptors (Lipinski definition) is 3. The third kappa shape index (κ3) is 6.67. The van der Waals surface area contributed by atoms with E-state index in [9.17, 15) is 4.79 Å². The number of carbonyl (C=O) groups excluding carboxylic acids is 1. The fraction of sp³-hybridized carbons (Fsp3) is 0.350. The van der Waals surface area contributed by atoms with Gasteiger partial charge in [0.2, 0.25) is 0 Å². The number of benzene rings is 2. The van der Waals surface area contributed by atoms with Gasteiger partial charge in [-0.05, 0) is 63.1 Å². The first-order valence-electron chi connectivity index (χ1n) is 8.26. The second-order valence-corrected chi connectivity index (χ2v) is 7.46. The summed E-state index contributed by atoms with van der Waals surface area (Å²) < 4.78 is 5.51. The van der Waals surface area contributed by atoms with Crippen LogP contribution in [0, 0.1) is 6.92 Å². The zero-order valence-corrected chi connectivity index (χ0v) is 15.9. The molecule has 1 amide bonds. The Morgan fingerprint density at radius 3 is 2.40 bits per heavy atom. The molecule has 5 heteroatoms. The van der Waals surface area contributed by atoms with E-state index in [-0.39, 0.29) is 18.1 Å². The number of halogens is 1. The third-order valence-electron chi connectivity index (χ3n) is 3.48. The Morgan fingerprint density at radius 1 is 1.12 bits per heavy atom. The average molecular weight is 361 g/mol. The van der Waals surface area contributed by atoms with E-state index in [2.05, 4.69) is 10.6 Å². The molecule has 25 heavy (non-hydrogen) atoms. The van der Waals surface area contributed by atoms with Crippen molar-refractivity contribution in [3.63, 3.8) is 0 Å². The molecule has 0 aromatic heterocycles. The van der Waals surface area contributed by atoms with Crippen LogP contribution in [0.25, 0.3) is 0 Å². The molecule has 134 valence electrons. The molecule has 0 fully saturated rings. The second-order valence-electron chi connectivity index (χ2n) is 7.05. The maximum Gasteiger partial charge on any atom is 0.258 e. The quantitative estimate of drug-likeness (QED) is 0.794. The van der Waals surface area contributed by atoms with Crippen molar-refractivity contribution in [3.8, 4) is 5.75 Å². The lowest BCUT2D eigenvalue weighted by Crippen LogP contribution is -2.43. The first-order chi connectivity index (χ1) is 11.7. The van der Waals surface area contributed by atoms with E-state index in [4.69, 9.17) is 16.3 Å². The number of anilines is 1. The summed E-state index contributed by atoms with van der Waals surface area (Å²) in [5.41, 5.74) is 2.90. The fourth-order valence-corrected chi connectivity index (χ4v) is 2.39. The zero-order chi connectivity index (χ0) is 18.4. The minimum atomic E-state index is -0.255. The van der Waals surface area contributed by atoms with Gasteiger partial charge in [0, 0.05) is 22.8 Å². The standard InChI is InChI=1S/C20H25ClN2O2/c1-14-5-8-16(11-18(14)21)22-12-15-6-9-17(10-7-15)25-13-19(24)23-20(2,3)4/h5-11,22H,12-13H2,1-4H3,(H,23,24). The summed E-state index contributed by atoms with van der Waals surface area (Å²) in [6, 6.07) is 13.6. The first-order valence-corrected chi connectivity index (χ1v) is 8.63. The molecule has 2 aromatic carbocycles. The van der Waals surface area contributed by atoms with Crippen LogP contribution < -0.4 is 15.4 Å². The second kappa shape index (κ2) is 8.26. The first kappa shape index (κ1) is 19.1. The van der Waals surface area contributed by atoms with Gasteiger partial charge in [-0.25, -0.2) is 0 Å². The minimum Gasteiger partial charge on any atom is -0.484 e. The van der Waals surface area contributed by atoms with Crippen LogP contribution in [0.1, 0.15) is 31.9 Å². The Balaban J connectivity index is 1.83. The smallest absolute Gasteiger partial charge is 0.258 e. The third-order valence-corrected chi connectivity index (χ3v) is 3.88. The van der Waals surface area contributed by atoms with Gasteiger partial charge in [-0.2, -0.15) is 0 Å². The van der Waals surface area contributed by atoms with Gasteiger partial charge in [-0.3, -0.25) is 4.79 Å². The van der Waals surface area contributed by atoms with Crippen LogP contribution in [0.3, 0.4) is 0 Å².